The molecular formula is C31H41NO5. The Balaban J connectivity index is 1.41. The lowest BCUT2D eigenvalue weighted by atomic mass is 9.80. The van der Waals surface area contributed by atoms with Crippen LogP contribution in [-0.2, 0) is 22.5 Å². The zero-order valence-electron chi connectivity index (χ0n) is 22.5. The molecular weight excluding hydrogens is 466 g/mol. The van der Waals surface area contributed by atoms with Crippen LogP contribution in [0.2, 0.25) is 0 Å². The quantitative estimate of drug-likeness (QED) is 0.380. The van der Waals surface area contributed by atoms with E-state index in [1.54, 1.807) is 18.0 Å². The summed E-state index contributed by atoms with van der Waals surface area (Å²) in [7, 11) is 1.71. The molecule has 0 radical (unpaired) electrons. The number of carbonyl (C=O) groups excluding carboxylic acids is 2. The van der Waals surface area contributed by atoms with Gasteiger partial charge in [-0.25, -0.2) is 0 Å². The van der Waals surface area contributed by atoms with Crippen molar-refractivity contribution in [2.24, 2.45) is 5.41 Å². The summed E-state index contributed by atoms with van der Waals surface area (Å²) in [4.78, 5) is 27.9. The lowest BCUT2D eigenvalue weighted by molar-refractivity contribution is -0.161. The smallest absolute Gasteiger partial charge is 0.312 e. The van der Waals surface area contributed by atoms with Crippen molar-refractivity contribution in [3.8, 4) is 11.5 Å². The highest BCUT2D eigenvalue weighted by Crippen LogP contribution is 2.44. The third-order valence-electron chi connectivity index (χ3n) is 8.22. The lowest BCUT2D eigenvalue weighted by Crippen LogP contribution is -2.33. The number of hydrogen-bond acceptors (Lipinski definition) is 5. The largest absolute Gasteiger partial charge is 0.508 e. The average Bonchev–Trinajstić information content (AvgIpc) is 3.55. The van der Waals surface area contributed by atoms with E-state index in [4.69, 9.17) is 4.74 Å². The molecule has 0 heterocycles. The summed E-state index contributed by atoms with van der Waals surface area (Å²) in [5, 5.41) is 20.4. The number of carbonyl (C=O) groups is 2. The second kappa shape index (κ2) is 11.6. The fourth-order valence-corrected chi connectivity index (χ4v) is 5.94. The second-order valence-corrected chi connectivity index (χ2v) is 11.4. The van der Waals surface area contributed by atoms with Gasteiger partial charge in [-0.1, -0.05) is 51.0 Å². The van der Waals surface area contributed by atoms with Gasteiger partial charge in [0.1, 0.15) is 17.6 Å². The van der Waals surface area contributed by atoms with E-state index in [0.29, 0.717) is 12.1 Å². The van der Waals surface area contributed by atoms with Crippen molar-refractivity contribution in [2.45, 2.75) is 96.6 Å². The van der Waals surface area contributed by atoms with Gasteiger partial charge in [0.15, 0.2) is 0 Å². The molecule has 37 heavy (non-hydrogen) atoms. The predicted molar refractivity (Wildman–Crippen MR) is 144 cm³/mol. The molecule has 0 bridgehead atoms. The van der Waals surface area contributed by atoms with Crippen LogP contribution >= 0.6 is 0 Å². The first-order valence-corrected chi connectivity index (χ1v) is 13.8. The first kappa shape index (κ1) is 27.0. The number of phenolic OH excluding ortho intramolecular Hbond substituents is 2. The Hall–Kier alpha value is -3.02. The molecule has 1 amide bonds. The number of esters is 1. The Morgan fingerprint density at radius 2 is 1.68 bits per heavy atom. The highest BCUT2D eigenvalue weighted by Gasteiger charge is 2.43. The number of amides is 1. The molecule has 2 N–H and O–H groups in total. The van der Waals surface area contributed by atoms with Gasteiger partial charge in [-0.15, -0.1) is 0 Å². The lowest BCUT2D eigenvalue weighted by Gasteiger charge is -2.28. The molecule has 0 unspecified atom stereocenters. The fraction of sp³-hybridized carbons (Fsp3) is 0.548. The van der Waals surface area contributed by atoms with Gasteiger partial charge in [-0.2, -0.15) is 0 Å². The molecule has 0 saturated heterocycles. The summed E-state index contributed by atoms with van der Waals surface area (Å²) in [5.41, 5.74) is 2.58. The number of ether oxygens (including phenoxy) is 1. The SMILES string of the molecule is CC(C)c1cc(C(=O)N(C)Cc2cccc(CCC3(C(=O)OC4CCCC4)CCCC3)c2)c(O)cc1O. The highest BCUT2D eigenvalue weighted by atomic mass is 16.5. The van der Waals surface area contributed by atoms with Gasteiger partial charge in [0.2, 0.25) is 0 Å². The predicted octanol–water partition coefficient (Wildman–Crippen LogP) is 6.47. The van der Waals surface area contributed by atoms with Crippen LogP contribution in [0.25, 0.3) is 0 Å². The molecule has 0 spiro atoms. The Morgan fingerprint density at radius 1 is 1.00 bits per heavy atom. The van der Waals surface area contributed by atoms with Crippen molar-refractivity contribution >= 4 is 11.9 Å². The molecule has 4 rings (SSSR count). The molecule has 0 aromatic heterocycles. The van der Waals surface area contributed by atoms with Gasteiger partial charge in [-0.3, -0.25) is 9.59 Å². The van der Waals surface area contributed by atoms with E-state index in [9.17, 15) is 19.8 Å². The Kier molecular flexibility index (Phi) is 8.46. The molecule has 2 aromatic rings. The molecule has 0 aliphatic heterocycles. The van der Waals surface area contributed by atoms with Gasteiger partial charge in [0.25, 0.3) is 5.91 Å². The molecule has 2 fully saturated rings. The van der Waals surface area contributed by atoms with Gasteiger partial charge in [0, 0.05) is 19.7 Å². The number of benzene rings is 2. The minimum atomic E-state index is -0.365. The molecule has 0 atom stereocenters. The maximum absolute atomic E-state index is 13.2. The summed E-state index contributed by atoms with van der Waals surface area (Å²) >= 11 is 0. The minimum Gasteiger partial charge on any atom is -0.508 e. The first-order chi connectivity index (χ1) is 17.7. The number of phenols is 2. The van der Waals surface area contributed by atoms with Crippen molar-refractivity contribution in [3.63, 3.8) is 0 Å². The van der Waals surface area contributed by atoms with Crippen LogP contribution < -0.4 is 0 Å². The molecule has 2 aliphatic carbocycles. The van der Waals surface area contributed by atoms with Crippen LogP contribution in [0.4, 0.5) is 0 Å². The zero-order chi connectivity index (χ0) is 26.6. The second-order valence-electron chi connectivity index (χ2n) is 11.4. The van der Waals surface area contributed by atoms with Crippen molar-refractivity contribution in [2.75, 3.05) is 7.05 Å². The van der Waals surface area contributed by atoms with Crippen molar-refractivity contribution in [1.29, 1.82) is 0 Å². The van der Waals surface area contributed by atoms with Crippen LogP contribution in [0.15, 0.2) is 36.4 Å². The Labute approximate surface area is 220 Å². The Morgan fingerprint density at radius 3 is 2.35 bits per heavy atom. The van der Waals surface area contributed by atoms with E-state index < -0.39 is 0 Å². The van der Waals surface area contributed by atoms with E-state index in [0.717, 1.165) is 75.3 Å². The molecule has 2 aromatic carbocycles. The molecule has 2 saturated carbocycles. The van der Waals surface area contributed by atoms with Gasteiger partial charge in [-0.05, 0) is 80.0 Å². The summed E-state index contributed by atoms with van der Waals surface area (Å²) in [5.74, 6) is -0.504. The minimum absolute atomic E-state index is 0.00728. The standard InChI is InChI=1S/C31H41NO5/c1-21(2)25-18-26(28(34)19-27(25)33)29(35)32(3)20-23-10-8-9-22(17-23)13-16-31(14-6-7-15-31)30(36)37-24-11-4-5-12-24/h8-10,17-19,21,24,33-34H,4-7,11-16,20H2,1-3H3. The normalized spacial score (nSPS) is 17.3. The maximum Gasteiger partial charge on any atom is 0.312 e. The molecule has 2 aliphatic rings. The number of hydrogen-bond donors (Lipinski definition) is 2. The summed E-state index contributed by atoms with van der Waals surface area (Å²) in [6.07, 6.45) is 9.95. The number of aryl methyl sites for hydroxylation is 1. The van der Waals surface area contributed by atoms with Crippen LogP contribution in [0, 0.1) is 5.41 Å². The average molecular weight is 508 g/mol. The topological polar surface area (TPSA) is 87.1 Å². The van der Waals surface area contributed by atoms with Crippen LogP contribution in [-0.4, -0.2) is 40.1 Å². The number of aromatic hydroxyl groups is 2. The number of rotatable bonds is 9. The van der Waals surface area contributed by atoms with Crippen molar-refractivity contribution in [3.05, 3.63) is 58.7 Å². The first-order valence-electron chi connectivity index (χ1n) is 13.8. The van der Waals surface area contributed by atoms with Crippen LogP contribution in [0.1, 0.15) is 105 Å². The molecule has 6 nitrogen and oxygen atoms in total. The fourth-order valence-electron chi connectivity index (χ4n) is 5.94. The molecule has 6 heteroatoms. The van der Waals surface area contributed by atoms with E-state index in [1.807, 2.05) is 26.0 Å². The summed E-state index contributed by atoms with van der Waals surface area (Å²) < 4.78 is 5.95. The van der Waals surface area contributed by atoms with Gasteiger partial charge in [0.05, 0.1) is 11.0 Å². The van der Waals surface area contributed by atoms with Crippen LogP contribution in [0.5, 0.6) is 11.5 Å². The Bertz CT molecular complexity index is 1110. The van der Waals surface area contributed by atoms with E-state index in [-0.39, 0.29) is 46.4 Å². The van der Waals surface area contributed by atoms with Crippen molar-refractivity contribution in [1.82, 2.24) is 4.90 Å². The maximum atomic E-state index is 13.2. The molecule has 200 valence electrons. The van der Waals surface area contributed by atoms with Crippen molar-refractivity contribution < 1.29 is 24.5 Å². The zero-order valence-corrected chi connectivity index (χ0v) is 22.5. The monoisotopic (exact) mass is 507 g/mol. The third kappa shape index (κ3) is 6.28. The third-order valence-corrected chi connectivity index (χ3v) is 8.22. The van der Waals surface area contributed by atoms with E-state index >= 15 is 0 Å². The summed E-state index contributed by atoms with van der Waals surface area (Å²) in [6.45, 7) is 4.25. The van der Waals surface area contributed by atoms with Gasteiger partial charge >= 0.3 is 5.97 Å². The van der Waals surface area contributed by atoms with E-state index in [2.05, 4.69) is 12.1 Å². The van der Waals surface area contributed by atoms with E-state index in [1.165, 1.54) is 6.07 Å². The summed E-state index contributed by atoms with van der Waals surface area (Å²) in [6, 6.07) is 11.0. The highest BCUT2D eigenvalue weighted by molar-refractivity contribution is 5.97. The number of nitrogens with zero attached hydrogens (tertiary/aromatic N) is 1. The van der Waals surface area contributed by atoms with Gasteiger partial charge < -0.3 is 19.8 Å². The van der Waals surface area contributed by atoms with Crippen LogP contribution in [0.3, 0.4) is 0 Å².